The number of rotatable bonds is 20. The first-order valence-electron chi connectivity index (χ1n) is 11.1. The lowest BCUT2D eigenvalue weighted by Gasteiger charge is -2.13. The van der Waals surface area contributed by atoms with Crippen molar-refractivity contribution in [1.29, 1.82) is 0 Å². The van der Waals surface area contributed by atoms with Crippen LogP contribution in [0, 0.1) is 0 Å². The van der Waals surface area contributed by atoms with Crippen molar-refractivity contribution in [3.8, 4) is 0 Å². The standard InChI is InChI=1S/C21H44O4S/c1-2-3-4-5-6-7-8-9-10-11-12-13-14-15-18-21(26(23,24)25)19-16-17-20-22/h21-22H,2-20H2,1H3,(H,23,24,25). The van der Waals surface area contributed by atoms with Gasteiger partial charge in [-0.2, -0.15) is 8.42 Å². The van der Waals surface area contributed by atoms with E-state index >= 15 is 0 Å². The van der Waals surface area contributed by atoms with Crippen LogP contribution in [0.15, 0.2) is 0 Å². The van der Waals surface area contributed by atoms with Crippen molar-refractivity contribution in [2.24, 2.45) is 0 Å². The van der Waals surface area contributed by atoms with E-state index in [9.17, 15) is 13.0 Å². The van der Waals surface area contributed by atoms with Crippen molar-refractivity contribution in [2.45, 2.75) is 128 Å². The van der Waals surface area contributed by atoms with Gasteiger partial charge in [-0.05, 0) is 25.7 Å². The van der Waals surface area contributed by atoms with Gasteiger partial charge in [-0.1, -0.05) is 96.8 Å². The minimum atomic E-state index is -3.94. The number of aliphatic hydroxyl groups excluding tert-OH is 1. The number of hydrogen-bond acceptors (Lipinski definition) is 3. The summed E-state index contributed by atoms with van der Waals surface area (Å²) in [6.45, 7) is 2.34. The van der Waals surface area contributed by atoms with Gasteiger partial charge >= 0.3 is 0 Å². The molecule has 0 rings (SSSR count). The van der Waals surface area contributed by atoms with Crippen molar-refractivity contribution in [3.05, 3.63) is 0 Å². The Kier molecular flexibility index (Phi) is 18.2. The summed E-state index contributed by atoms with van der Waals surface area (Å²) in [5.41, 5.74) is 0. The highest BCUT2D eigenvalue weighted by Crippen LogP contribution is 2.18. The van der Waals surface area contributed by atoms with Crippen LogP contribution in [0.5, 0.6) is 0 Å². The topological polar surface area (TPSA) is 74.6 Å². The molecule has 2 N–H and O–H groups in total. The van der Waals surface area contributed by atoms with Crippen LogP contribution in [0.3, 0.4) is 0 Å². The SMILES string of the molecule is CCCCCCCCCCCCCCCCC(CCCCO)S(=O)(=O)O. The Morgan fingerprint density at radius 1 is 0.615 bits per heavy atom. The van der Waals surface area contributed by atoms with Gasteiger partial charge in [0.15, 0.2) is 0 Å². The predicted molar refractivity (Wildman–Crippen MR) is 111 cm³/mol. The van der Waals surface area contributed by atoms with Crippen molar-refractivity contribution in [3.63, 3.8) is 0 Å². The fourth-order valence-corrected chi connectivity index (χ4v) is 4.42. The largest absolute Gasteiger partial charge is 0.396 e. The molecule has 0 fully saturated rings. The van der Waals surface area contributed by atoms with Crippen molar-refractivity contribution in [1.82, 2.24) is 0 Å². The molecule has 1 unspecified atom stereocenters. The zero-order chi connectivity index (χ0) is 19.5. The molecule has 0 aromatic rings. The van der Waals surface area contributed by atoms with Crippen LogP contribution in [0.25, 0.3) is 0 Å². The number of hydrogen-bond donors (Lipinski definition) is 2. The van der Waals surface area contributed by atoms with E-state index in [0.29, 0.717) is 25.7 Å². The van der Waals surface area contributed by atoms with Crippen molar-refractivity contribution in [2.75, 3.05) is 6.61 Å². The molecule has 0 saturated carbocycles. The van der Waals surface area contributed by atoms with Crippen LogP contribution >= 0.6 is 0 Å². The van der Waals surface area contributed by atoms with E-state index in [4.69, 9.17) is 5.11 Å². The van der Waals surface area contributed by atoms with Gasteiger partial charge in [-0.25, -0.2) is 0 Å². The van der Waals surface area contributed by atoms with Crippen LogP contribution in [0.2, 0.25) is 0 Å². The minimum Gasteiger partial charge on any atom is -0.396 e. The van der Waals surface area contributed by atoms with Crippen LogP contribution in [0.1, 0.15) is 122 Å². The average Bonchev–Trinajstić information content (AvgIpc) is 2.59. The average molecular weight is 393 g/mol. The third-order valence-corrected chi connectivity index (χ3v) is 6.55. The molecule has 0 bridgehead atoms. The molecular formula is C21H44O4S. The van der Waals surface area contributed by atoms with Gasteiger partial charge < -0.3 is 5.11 Å². The lowest BCUT2D eigenvalue weighted by molar-refractivity contribution is 0.281. The molecule has 158 valence electrons. The second kappa shape index (κ2) is 18.2. The minimum absolute atomic E-state index is 0.0804. The van der Waals surface area contributed by atoms with Crippen LogP contribution in [-0.4, -0.2) is 29.9 Å². The van der Waals surface area contributed by atoms with Crippen LogP contribution in [0.4, 0.5) is 0 Å². The lowest BCUT2D eigenvalue weighted by Crippen LogP contribution is -2.20. The monoisotopic (exact) mass is 392 g/mol. The summed E-state index contributed by atoms with van der Waals surface area (Å²) >= 11 is 0. The lowest BCUT2D eigenvalue weighted by atomic mass is 10.0. The summed E-state index contributed by atoms with van der Waals surface area (Å²) in [4.78, 5) is 0. The molecule has 26 heavy (non-hydrogen) atoms. The van der Waals surface area contributed by atoms with Crippen LogP contribution in [-0.2, 0) is 10.1 Å². The smallest absolute Gasteiger partial charge is 0.267 e. The Morgan fingerprint density at radius 2 is 0.962 bits per heavy atom. The first kappa shape index (κ1) is 25.9. The maximum atomic E-state index is 11.4. The highest BCUT2D eigenvalue weighted by molar-refractivity contribution is 7.86. The van der Waals surface area contributed by atoms with Gasteiger partial charge in [-0.15, -0.1) is 0 Å². The quantitative estimate of drug-likeness (QED) is 0.189. The summed E-state index contributed by atoms with van der Waals surface area (Å²) < 4.78 is 32.1. The summed E-state index contributed by atoms with van der Waals surface area (Å²) in [6, 6.07) is 0. The summed E-state index contributed by atoms with van der Waals surface area (Å²) in [5.74, 6) is 0. The second-order valence-corrected chi connectivity index (χ2v) is 9.44. The Labute approximate surface area is 162 Å². The van der Waals surface area contributed by atoms with Gasteiger partial charge in [0.25, 0.3) is 10.1 Å². The molecule has 1 atom stereocenters. The molecular weight excluding hydrogens is 348 g/mol. The third kappa shape index (κ3) is 17.3. The van der Waals surface area contributed by atoms with Gasteiger partial charge in [0, 0.05) is 6.61 Å². The van der Waals surface area contributed by atoms with Crippen molar-refractivity contribution < 1.29 is 18.1 Å². The van der Waals surface area contributed by atoms with E-state index in [2.05, 4.69) is 6.92 Å². The highest BCUT2D eigenvalue weighted by Gasteiger charge is 2.21. The number of unbranched alkanes of at least 4 members (excludes halogenated alkanes) is 14. The molecule has 5 heteroatoms. The van der Waals surface area contributed by atoms with Gasteiger partial charge in [0.05, 0.1) is 5.25 Å². The third-order valence-electron chi connectivity index (χ3n) is 5.24. The van der Waals surface area contributed by atoms with E-state index in [-0.39, 0.29) is 6.61 Å². The molecule has 0 radical (unpaired) electrons. The second-order valence-electron chi connectivity index (χ2n) is 7.74. The predicted octanol–water partition coefficient (Wildman–Crippen LogP) is 6.28. The van der Waals surface area contributed by atoms with E-state index in [0.717, 1.165) is 19.3 Å². The fourth-order valence-electron chi connectivity index (χ4n) is 3.49. The molecule has 0 saturated heterocycles. The summed E-state index contributed by atoms with van der Waals surface area (Å²) in [6.07, 6.45) is 20.2. The fraction of sp³-hybridized carbons (Fsp3) is 1.00. The van der Waals surface area contributed by atoms with Crippen molar-refractivity contribution >= 4 is 10.1 Å². The maximum Gasteiger partial charge on any atom is 0.267 e. The molecule has 4 nitrogen and oxygen atoms in total. The van der Waals surface area contributed by atoms with E-state index in [1.54, 1.807) is 0 Å². The van der Waals surface area contributed by atoms with Gasteiger partial charge in [-0.3, -0.25) is 4.55 Å². The van der Waals surface area contributed by atoms with Gasteiger partial charge in [0.2, 0.25) is 0 Å². The van der Waals surface area contributed by atoms with E-state index in [1.165, 1.54) is 70.6 Å². The molecule has 0 heterocycles. The summed E-state index contributed by atoms with van der Waals surface area (Å²) in [5, 5.41) is 8.13. The maximum absolute atomic E-state index is 11.4. The van der Waals surface area contributed by atoms with E-state index in [1.807, 2.05) is 0 Å². The molecule has 0 aliphatic carbocycles. The zero-order valence-electron chi connectivity index (χ0n) is 17.1. The molecule has 0 aromatic carbocycles. The molecule has 0 aliphatic heterocycles. The Balaban J connectivity index is 3.45. The molecule has 0 amide bonds. The summed E-state index contributed by atoms with van der Waals surface area (Å²) in [7, 11) is -3.94. The highest BCUT2D eigenvalue weighted by atomic mass is 32.2. The molecule has 0 aromatic heterocycles. The molecule has 0 spiro atoms. The first-order chi connectivity index (χ1) is 12.5. The van der Waals surface area contributed by atoms with Gasteiger partial charge in [0.1, 0.15) is 0 Å². The Bertz CT molecular complexity index is 381. The number of aliphatic hydroxyl groups is 1. The Hall–Kier alpha value is -0.130. The molecule has 0 aliphatic rings. The Morgan fingerprint density at radius 3 is 1.31 bits per heavy atom. The normalized spacial score (nSPS) is 13.2. The van der Waals surface area contributed by atoms with E-state index < -0.39 is 15.4 Å². The van der Waals surface area contributed by atoms with Crippen LogP contribution < -0.4 is 0 Å². The first-order valence-corrected chi connectivity index (χ1v) is 12.6. The zero-order valence-corrected chi connectivity index (χ0v) is 17.9.